The number of ether oxygens (including phenoxy) is 6. The Bertz CT molecular complexity index is 1370. The summed E-state index contributed by atoms with van der Waals surface area (Å²) < 4.78 is 36.4. The van der Waals surface area contributed by atoms with Crippen LogP contribution in [0.4, 0.5) is 0 Å². The molecule has 2 aromatic carbocycles. The highest BCUT2D eigenvalue weighted by Gasteiger charge is 2.93. The smallest absolute Gasteiger partial charge is 0.274 e. The number of fused-ring (bicyclic) bond motifs is 8. The first-order valence-corrected chi connectivity index (χ1v) is 11.6. The van der Waals surface area contributed by atoms with Gasteiger partial charge in [-0.1, -0.05) is 12.1 Å². The molecule has 10 nitrogen and oxygen atoms in total. The number of aromatic hydroxyl groups is 1. The number of epoxide rings is 1. The van der Waals surface area contributed by atoms with Crippen LogP contribution in [0.1, 0.15) is 55.5 Å². The van der Waals surface area contributed by atoms with Gasteiger partial charge < -0.3 is 38.6 Å². The number of phenolic OH excluding ortho intramolecular Hbond substituents is 1. The molecule has 4 saturated heterocycles. The number of hydrogen-bond donors (Lipinski definition) is 2. The molecule has 0 amide bonds. The van der Waals surface area contributed by atoms with Crippen LogP contribution in [0.3, 0.4) is 0 Å². The molecule has 10 heteroatoms. The Balaban J connectivity index is 1.34. The zero-order valence-electron chi connectivity index (χ0n) is 18.5. The number of carbonyl (C=O) groups excluding carboxylic acids is 2. The summed E-state index contributed by atoms with van der Waals surface area (Å²) in [5.74, 6) is -4.82. The van der Waals surface area contributed by atoms with Crippen molar-refractivity contribution in [2.45, 2.75) is 49.0 Å². The van der Waals surface area contributed by atoms with Gasteiger partial charge in [0.1, 0.15) is 17.6 Å². The van der Waals surface area contributed by atoms with Crippen molar-refractivity contribution in [2.75, 3.05) is 19.8 Å². The van der Waals surface area contributed by atoms with E-state index in [1.165, 1.54) is 18.2 Å². The van der Waals surface area contributed by atoms with Gasteiger partial charge in [0.25, 0.3) is 11.6 Å². The van der Waals surface area contributed by atoms with Crippen LogP contribution in [0.2, 0.25) is 0 Å². The molecule has 5 aliphatic heterocycles. The standard InChI is InChI=1S/C25H20O10/c1-10-8-12-16(18(28)15-11(17(12)27)4-2-5-13(15)26)19-14(10)20-21-24(29,33-19)23(9-32-23)25(34-20,35-21)22-30-6-3-7-31-22/h2,4-5,8,20-22,26,29H,3,6-7,9H2,1H3/t20-,21+,23+,24-,25-/m1/s1. The maximum absolute atomic E-state index is 13.6. The maximum atomic E-state index is 13.6. The minimum atomic E-state index is -2.02. The SMILES string of the molecule is Cc1cc2c(c3c1[C@H]1O[C@]4(C5OCCCO5)O[C@@H]1[C@@](O)(O3)[C@@]41CO1)C(=O)c1c(O)cccc1C2=O. The maximum Gasteiger partial charge on any atom is 0.274 e. The first-order valence-electron chi connectivity index (χ1n) is 11.6. The number of aryl methyl sites for hydroxylation is 1. The summed E-state index contributed by atoms with van der Waals surface area (Å²) in [6.07, 6.45) is -2.02. The van der Waals surface area contributed by atoms with Gasteiger partial charge in [0.05, 0.1) is 30.9 Å². The number of phenols is 1. The van der Waals surface area contributed by atoms with Crippen LogP contribution in [0.15, 0.2) is 24.3 Å². The summed E-state index contributed by atoms with van der Waals surface area (Å²) in [7, 11) is 0. The molecule has 2 bridgehead atoms. The van der Waals surface area contributed by atoms with Crippen LogP contribution in [0, 0.1) is 6.92 Å². The van der Waals surface area contributed by atoms with E-state index < -0.39 is 47.2 Å². The lowest BCUT2D eigenvalue weighted by atomic mass is 9.76. The monoisotopic (exact) mass is 480 g/mol. The molecule has 180 valence electrons. The van der Waals surface area contributed by atoms with E-state index in [0.29, 0.717) is 30.8 Å². The fourth-order valence-corrected chi connectivity index (χ4v) is 6.38. The van der Waals surface area contributed by atoms with Gasteiger partial charge in [-0.15, -0.1) is 0 Å². The van der Waals surface area contributed by atoms with Crippen LogP contribution < -0.4 is 4.74 Å². The molecule has 1 aliphatic carbocycles. The van der Waals surface area contributed by atoms with E-state index in [1.54, 1.807) is 13.0 Å². The van der Waals surface area contributed by atoms with E-state index in [0.717, 1.165) is 0 Å². The van der Waals surface area contributed by atoms with Gasteiger partial charge in [0.2, 0.25) is 17.7 Å². The quantitative estimate of drug-likeness (QED) is 0.490. The number of ketones is 2. The molecular weight excluding hydrogens is 460 g/mol. The molecule has 0 unspecified atom stereocenters. The van der Waals surface area contributed by atoms with Crippen molar-refractivity contribution in [1.29, 1.82) is 0 Å². The van der Waals surface area contributed by atoms with Gasteiger partial charge in [0.15, 0.2) is 11.9 Å². The summed E-state index contributed by atoms with van der Waals surface area (Å²) in [4.78, 5) is 27.0. The van der Waals surface area contributed by atoms with Crippen LogP contribution in [0.25, 0.3) is 0 Å². The minimum absolute atomic E-state index is 0.0227. The van der Waals surface area contributed by atoms with E-state index >= 15 is 0 Å². The van der Waals surface area contributed by atoms with Gasteiger partial charge in [-0.3, -0.25) is 9.59 Å². The van der Waals surface area contributed by atoms with Crippen molar-refractivity contribution in [3.05, 3.63) is 57.6 Å². The van der Waals surface area contributed by atoms with Crippen molar-refractivity contribution >= 4 is 11.6 Å². The highest BCUT2D eigenvalue weighted by molar-refractivity contribution is 6.30. The number of hydrogen-bond acceptors (Lipinski definition) is 10. The molecule has 4 fully saturated rings. The van der Waals surface area contributed by atoms with E-state index in [9.17, 15) is 19.8 Å². The second-order valence-corrected chi connectivity index (χ2v) is 9.80. The molecule has 0 aromatic heterocycles. The third-order valence-corrected chi connectivity index (χ3v) is 8.03. The molecule has 2 aromatic rings. The highest BCUT2D eigenvalue weighted by Crippen LogP contribution is 2.70. The zero-order valence-corrected chi connectivity index (χ0v) is 18.5. The van der Waals surface area contributed by atoms with E-state index in [1.807, 2.05) is 0 Å². The number of aliphatic hydroxyl groups is 1. The molecule has 8 rings (SSSR count). The molecule has 0 saturated carbocycles. The largest absolute Gasteiger partial charge is 0.507 e. The Morgan fingerprint density at radius 3 is 2.54 bits per heavy atom. The summed E-state index contributed by atoms with van der Waals surface area (Å²) in [5, 5.41) is 22.3. The lowest BCUT2D eigenvalue weighted by Crippen LogP contribution is -2.69. The fourth-order valence-electron chi connectivity index (χ4n) is 6.38. The molecule has 6 aliphatic rings. The molecule has 2 N–H and O–H groups in total. The number of benzene rings is 2. The fraction of sp³-hybridized carbons (Fsp3) is 0.440. The normalized spacial score (nSPS) is 38.2. The van der Waals surface area contributed by atoms with Crippen molar-refractivity contribution in [1.82, 2.24) is 0 Å². The third-order valence-electron chi connectivity index (χ3n) is 8.03. The second-order valence-electron chi connectivity index (χ2n) is 9.80. The second kappa shape index (κ2) is 6.09. The van der Waals surface area contributed by atoms with Crippen molar-refractivity contribution in [2.24, 2.45) is 0 Å². The first kappa shape index (κ1) is 20.3. The predicted octanol–water partition coefficient (Wildman–Crippen LogP) is 1.26. The van der Waals surface area contributed by atoms with Crippen LogP contribution >= 0.6 is 0 Å². The number of carbonyl (C=O) groups is 2. The highest BCUT2D eigenvalue weighted by atomic mass is 16.9. The Hall–Kier alpha value is -2.86. The molecule has 35 heavy (non-hydrogen) atoms. The van der Waals surface area contributed by atoms with Crippen LogP contribution in [-0.4, -0.2) is 71.2 Å². The zero-order chi connectivity index (χ0) is 23.9. The Morgan fingerprint density at radius 2 is 1.80 bits per heavy atom. The van der Waals surface area contributed by atoms with Crippen LogP contribution in [0.5, 0.6) is 11.5 Å². The summed E-state index contributed by atoms with van der Waals surface area (Å²) in [6, 6.07) is 5.99. The average molecular weight is 480 g/mol. The molecular formula is C25H20O10. The van der Waals surface area contributed by atoms with Gasteiger partial charge in [0, 0.05) is 16.7 Å². The van der Waals surface area contributed by atoms with Gasteiger partial charge in [-0.25, -0.2) is 0 Å². The Kier molecular flexibility index (Phi) is 3.54. The predicted molar refractivity (Wildman–Crippen MR) is 112 cm³/mol. The van der Waals surface area contributed by atoms with E-state index in [4.69, 9.17) is 28.4 Å². The van der Waals surface area contributed by atoms with Gasteiger partial charge >= 0.3 is 0 Å². The summed E-state index contributed by atoms with van der Waals surface area (Å²) >= 11 is 0. The van der Waals surface area contributed by atoms with E-state index in [2.05, 4.69) is 0 Å². The van der Waals surface area contributed by atoms with Gasteiger partial charge in [-0.2, -0.15) is 0 Å². The molecule has 5 atom stereocenters. The lowest BCUT2D eigenvalue weighted by Gasteiger charge is -2.48. The third kappa shape index (κ3) is 2.07. The van der Waals surface area contributed by atoms with Crippen molar-refractivity contribution in [3.63, 3.8) is 0 Å². The number of rotatable bonds is 1. The van der Waals surface area contributed by atoms with Crippen molar-refractivity contribution in [3.8, 4) is 11.5 Å². The lowest BCUT2D eigenvalue weighted by molar-refractivity contribution is -0.363. The summed E-state index contributed by atoms with van der Waals surface area (Å²) in [5.41, 5.74) is -0.164. The van der Waals surface area contributed by atoms with Crippen LogP contribution in [-0.2, 0) is 23.7 Å². The molecule has 1 spiro atoms. The Labute approximate surface area is 198 Å². The van der Waals surface area contributed by atoms with Crippen molar-refractivity contribution < 1.29 is 48.2 Å². The van der Waals surface area contributed by atoms with E-state index in [-0.39, 0.29) is 40.4 Å². The van der Waals surface area contributed by atoms with Gasteiger partial charge in [-0.05, 0) is 31.0 Å². The summed E-state index contributed by atoms with van der Waals surface area (Å²) in [6.45, 7) is 2.72. The topological polar surface area (TPSA) is 133 Å². The average Bonchev–Trinajstić information content (AvgIpc) is 3.52. The molecule has 0 radical (unpaired) electrons. The molecule has 5 heterocycles. The first-order chi connectivity index (χ1) is 16.8. The minimum Gasteiger partial charge on any atom is -0.507 e. The Morgan fingerprint density at radius 1 is 1.03 bits per heavy atom.